The molecule has 0 aromatic rings. The van der Waals surface area contributed by atoms with Crippen molar-refractivity contribution in [1.82, 2.24) is 0 Å². The van der Waals surface area contributed by atoms with E-state index in [4.69, 9.17) is 0 Å². The smallest absolute Gasteiger partial charge is 0.0172 e. The lowest BCUT2D eigenvalue weighted by atomic mass is 9.46. The normalized spacial score (nSPS) is 54.9. The van der Waals surface area contributed by atoms with Crippen LogP contribution in [0.1, 0.15) is 78.6 Å². The van der Waals surface area contributed by atoms with Crippen molar-refractivity contribution < 1.29 is 0 Å². The van der Waals surface area contributed by atoms with Crippen LogP contribution in [0, 0.1) is 40.9 Å². The third-order valence-electron chi connectivity index (χ3n) is 8.48. The van der Waals surface area contributed by atoms with Crippen LogP contribution in [0.15, 0.2) is 11.6 Å². The molecule has 0 heterocycles. The van der Waals surface area contributed by atoms with E-state index in [0.717, 1.165) is 35.5 Å². The van der Waals surface area contributed by atoms with Crippen LogP contribution in [0.25, 0.3) is 0 Å². The van der Waals surface area contributed by atoms with Gasteiger partial charge in [-0.05, 0) is 99.2 Å². The molecular weight excluding hydrogens is 252 g/mol. The SMILES string of the molecule is C/C=C1/CCC2C1CCC1C2CCC2CC(C)CCC21C. The number of hydrogen-bond acceptors (Lipinski definition) is 0. The first-order chi connectivity index (χ1) is 10.1. The van der Waals surface area contributed by atoms with Gasteiger partial charge in [0, 0.05) is 0 Å². The van der Waals surface area contributed by atoms with Crippen LogP contribution < -0.4 is 0 Å². The Morgan fingerprint density at radius 1 is 1.00 bits per heavy atom. The minimum Gasteiger partial charge on any atom is -0.0882 e. The second-order valence-corrected chi connectivity index (χ2v) is 9.18. The predicted octanol–water partition coefficient (Wildman–Crippen LogP) is 6.22. The first kappa shape index (κ1) is 14.3. The van der Waals surface area contributed by atoms with E-state index >= 15 is 0 Å². The molecule has 7 atom stereocenters. The molecule has 0 saturated heterocycles. The average molecular weight is 287 g/mol. The van der Waals surface area contributed by atoms with E-state index in [2.05, 4.69) is 26.8 Å². The Morgan fingerprint density at radius 3 is 2.67 bits per heavy atom. The summed E-state index contributed by atoms with van der Waals surface area (Å²) in [5, 5.41) is 0. The van der Waals surface area contributed by atoms with E-state index in [0.29, 0.717) is 5.41 Å². The Kier molecular flexibility index (Phi) is 3.51. The zero-order valence-electron chi connectivity index (χ0n) is 14.4. The van der Waals surface area contributed by atoms with Gasteiger partial charge in [0.15, 0.2) is 0 Å². The Balaban J connectivity index is 1.60. The molecule has 4 aliphatic carbocycles. The fraction of sp³-hybridized carbons (Fsp3) is 0.905. The van der Waals surface area contributed by atoms with Gasteiger partial charge in [-0.15, -0.1) is 0 Å². The molecular formula is C21H34. The van der Waals surface area contributed by atoms with Gasteiger partial charge in [0.25, 0.3) is 0 Å². The highest BCUT2D eigenvalue weighted by Gasteiger charge is 2.55. The summed E-state index contributed by atoms with van der Waals surface area (Å²) in [6, 6.07) is 0. The van der Waals surface area contributed by atoms with Gasteiger partial charge in [-0.2, -0.15) is 0 Å². The lowest BCUT2D eigenvalue weighted by Crippen LogP contribution is -2.50. The summed E-state index contributed by atoms with van der Waals surface area (Å²) in [5.74, 6) is 6.25. The van der Waals surface area contributed by atoms with Crippen molar-refractivity contribution >= 4 is 0 Å². The Bertz CT molecular complexity index is 433. The van der Waals surface area contributed by atoms with E-state index < -0.39 is 0 Å². The summed E-state index contributed by atoms with van der Waals surface area (Å²) < 4.78 is 0. The third-order valence-corrected chi connectivity index (χ3v) is 8.48. The molecule has 0 N–H and O–H groups in total. The second-order valence-electron chi connectivity index (χ2n) is 9.18. The lowest BCUT2D eigenvalue weighted by molar-refractivity contribution is -0.0895. The van der Waals surface area contributed by atoms with Gasteiger partial charge in [0.1, 0.15) is 0 Å². The number of rotatable bonds is 0. The molecule has 0 heteroatoms. The van der Waals surface area contributed by atoms with Crippen molar-refractivity contribution in [2.24, 2.45) is 40.9 Å². The molecule has 0 spiro atoms. The van der Waals surface area contributed by atoms with Gasteiger partial charge in [0.05, 0.1) is 0 Å². The molecule has 4 saturated carbocycles. The minimum absolute atomic E-state index is 0.707. The molecule has 4 rings (SSSR count). The largest absolute Gasteiger partial charge is 0.0882 e. The van der Waals surface area contributed by atoms with Gasteiger partial charge in [0.2, 0.25) is 0 Å². The average Bonchev–Trinajstić information content (AvgIpc) is 2.91. The highest BCUT2D eigenvalue weighted by atomic mass is 14.6. The van der Waals surface area contributed by atoms with Crippen LogP contribution in [-0.2, 0) is 0 Å². The van der Waals surface area contributed by atoms with E-state index in [1.807, 2.05) is 5.57 Å². The van der Waals surface area contributed by atoms with Crippen LogP contribution >= 0.6 is 0 Å². The van der Waals surface area contributed by atoms with Crippen LogP contribution in [0.5, 0.6) is 0 Å². The highest BCUT2D eigenvalue weighted by Crippen LogP contribution is 2.64. The van der Waals surface area contributed by atoms with Gasteiger partial charge in [-0.3, -0.25) is 0 Å². The first-order valence-corrected chi connectivity index (χ1v) is 9.78. The molecule has 0 aromatic heterocycles. The summed E-state index contributed by atoms with van der Waals surface area (Å²) in [6.45, 7) is 7.48. The topological polar surface area (TPSA) is 0 Å². The summed E-state index contributed by atoms with van der Waals surface area (Å²) >= 11 is 0. The molecule has 7 unspecified atom stereocenters. The molecule has 4 fully saturated rings. The molecule has 0 amide bonds. The molecule has 0 aliphatic heterocycles. The van der Waals surface area contributed by atoms with Crippen molar-refractivity contribution in [3.8, 4) is 0 Å². The quantitative estimate of drug-likeness (QED) is 0.464. The molecule has 21 heavy (non-hydrogen) atoms. The van der Waals surface area contributed by atoms with Crippen molar-refractivity contribution in [3.05, 3.63) is 11.6 Å². The fourth-order valence-electron chi connectivity index (χ4n) is 7.33. The molecule has 118 valence electrons. The number of fused-ring (bicyclic) bond motifs is 5. The Hall–Kier alpha value is -0.260. The predicted molar refractivity (Wildman–Crippen MR) is 90.0 cm³/mol. The van der Waals surface area contributed by atoms with Crippen molar-refractivity contribution in [2.45, 2.75) is 78.6 Å². The van der Waals surface area contributed by atoms with E-state index in [1.165, 1.54) is 38.5 Å². The third kappa shape index (κ3) is 2.07. The molecule has 0 aromatic carbocycles. The highest BCUT2D eigenvalue weighted by molar-refractivity contribution is 5.17. The number of hydrogen-bond donors (Lipinski definition) is 0. The fourth-order valence-corrected chi connectivity index (χ4v) is 7.33. The zero-order valence-corrected chi connectivity index (χ0v) is 14.4. The Morgan fingerprint density at radius 2 is 1.86 bits per heavy atom. The molecule has 0 radical (unpaired) electrons. The standard InChI is InChI=1S/C21H34/c1-4-15-5-7-18-17(15)9-10-20-19(18)8-6-16-13-14(2)11-12-21(16,20)3/h4,14,16-20H,5-13H2,1-3H3/b15-4-. The van der Waals surface area contributed by atoms with Crippen LogP contribution in [0.3, 0.4) is 0 Å². The maximum absolute atomic E-state index is 2.70. The monoisotopic (exact) mass is 286 g/mol. The van der Waals surface area contributed by atoms with E-state index in [1.54, 1.807) is 19.3 Å². The van der Waals surface area contributed by atoms with Gasteiger partial charge in [-0.1, -0.05) is 31.9 Å². The van der Waals surface area contributed by atoms with Crippen molar-refractivity contribution in [2.75, 3.05) is 0 Å². The maximum atomic E-state index is 2.70. The first-order valence-electron chi connectivity index (χ1n) is 9.78. The molecule has 0 nitrogen and oxygen atoms in total. The summed E-state index contributed by atoms with van der Waals surface area (Å²) in [4.78, 5) is 0. The lowest BCUT2D eigenvalue weighted by Gasteiger charge is -2.59. The summed E-state index contributed by atoms with van der Waals surface area (Å²) in [5.41, 5.74) is 2.53. The maximum Gasteiger partial charge on any atom is -0.0172 e. The van der Waals surface area contributed by atoms with Gasteiger partial charge >= 0.3 is 0 Å². The van der Waals surface area contributed by atoms with E-state index in [9.17, 15) is 0 Å². The Labute approximate surface area is 131 Å². The minimum atomic E-state index is 0.707. The zero-order chi connectivity index (χ0) is 14.6. The molecule has 4 aliphatic rings. The van der Waals surface area contributed by atoms with Gasteiger partial charge in [-0.25, -0.2) is 0 Å². The van der Waals surface area contributed by atoms with Crippen molar-refractivity contribution in [1.29, 1.82) is 0 Å². The summed E-state index contributed by atoms with van der Waals surface area (Å²) in [7, 11) is 0. The second kappa shape index (κ2) is 5.14. The molecule has 0 bridgehead atoms. The van der Waals surface area contributed by atoms with Crippen LogP contribution in [0.2, 0.25) is 0 Å². The van der Waals surface area contributed by atoms with Crippen molar-refractivity contribution in [3.63, 3.8) is 0 Å². The summed E-state index contributed by atoms with van der Waals surface area (Å²) in [6.07, 6.45) is 16.2. The van der Waals surface area contributed by atoms with E-state index in [-0.39, 0.29) is 0 Å². The number of allylic oxidation sites excluding steroid dienone is 2. The van der Waals surface area contributed by atoms with Crippen LogP contribution in [0.4, 0.5) is 0 Å². The van der Waals surface area contributed by atoms with Crippen LogP contribution in [-0.4, -0.2) is 0 Å². The van der Waals surface area contributed by atoms with Gasteiger partial charge < -0.3 is 0 Å².